The largest absolute Gasteiger partial charge is 0.490 e. The number of methoxy groups -OCH3 is 1. The van der Waals surface area contributed by atoms with Crippen molar-refractivity contribution in [1.82, 2.24) is 10.7 Å². The fourth-order valence-electron chi connectivity index (χ4n) is 2.71. The van der Waals surface area contributed by atoms with E-state index < -0.39 is 17.8 Å². The van der Waals surface area contributed by atoms with Gasteiger partial charge >= 0.3 is 5.97 Å². The van der Waals surface area contributed by atoms with E-state index in [1.54, 1.807) is 36.4 Å². The summed E-state index contributed by atoms with van der Waals surface area (Å²) in [5.41, 5.74) is 3.29. The number of ether oxygens (including phenoxy) is 5. The molecule has 0 aliphatic carbocycles. The van der Waals surface area contributed by atoms with Crippen molar-refractivity contribution < 1.29 is 38.1 Å². The van der Waals surface area contributed by atoms with Crippen LogP contribution in [0.4, 0.5) is 0 Å². The first-order chi connectivity index (χ1) is 16.0. The van der Waals surface area contributed by atoms with E-state index in [0.29, 0.717) is 40.7 Å². The van der Waals surface area contributed by atoms with Crippen LogP contribution in [0.2, 0.25) is 0 Å². The first-order valence-corrected chi connectivity index (χ1v) is 9.96. The first kappa shape index (κ1) is 23.4. The summed E-state index contributed by atoms with van der Waals surface area (Å²) in [5, 5.41) is 6.38. The van der Waals surface area contributed by atoms with E-state index in [1.807, 2.05) is 6.92 Å². The Morgan fingerprint density at radius 3 is 2.67 bits per heavy atom. The van der Waals surface area contributed by atoms with Crippen LogP contribution in [0.3, 0.4) is 0 Å². The molecule has 0 bridgehead atoms. The van der Waals surface area contributed by atoms with Crippen molar-refractivity contribution in [3.05, 3.63) is 47.5 Å². The molecule has 0 saturated heterocycles. The summed E-state index contributed by atoms with van der Waals surface area (Å²) in [7, 11) is 1.27. The van der Waals surface area contributed by atoms with Gasteiger partial charge in [-0.2, -0.15) is 5.10 Å². The van der Waals surface area contributed by atoms with Crippen molar-refractivity contribution in [3.63, 3.8) is 0 Å². The molecule has 2 aromatic carbocycles. The summed E-state index contributed by atoms with van der Waals surface area (Å²) in [6, 6.07) is 9.68. The van der Waals surface area contributed by atoms with Gasteiger partial charge in [-0.3, -0.25) is 9.59 Å². The smallest absolute Gasteiger partial charge is 0.343 e. The zero-order chi connectivity index (χ0) is 23.6. The number of rotatable bonds is 10. The van der Waals surface area contributed by atoms with E-state index in [4.69, 9.17) is 18.9 Å². The Morgan fingerprint density at radius 1 is 1.06 bits per heavy atom. The normalized spacial score (nSPS) is 11.7. The SMILES string of the molecule is CCOc1cc(C=NNC(=O)CNC(=O)c2ccc3c(c2)OCO3)ccc1OCC(=O)OC. The minimum absolute atomic E-state index is 0.107. The Morgan fingerprint density at radius 2 is 1.88 bits per heavy atom. The van der Waals surface area contributed by atoms with Gasteiger partial charge in [0.15, 0.2) is 29.6 Å². The number of fused-ring (bicyclic) bond motifs is 1. The highest BCUT2D eigenvalue weighted by Crippen LogP contribution is 2.32. The van der Waals surface area contributed by atoms with Gasteiger partial charge in [-0.25, -0.2) is 10.2 Å². The van der Waals surface area contributed by atoms with Gasteiger partial charge in [-0.1, -0.05) is 0 Å². The van der Waals surface area contributed by atoms with Crippen molar-refractivity contribution in [1.29, 1.82) is 0 Å². The van der Waals surface area contributed by atoms with Crippen LogP contribution in [0.1, 0.15) is 22.8 Å². The number of benzene rings is 2. The average Bonchev–Trinajstić information content (AvgIpc) is 3.30. The van der Waals surface area contributed by atoms with Crippen LogP contribution in [0.25, 0.3) is 0 Å². The summed E-state index contributed by atoms with van der Waals surface area (Å²) >= 11 is 0. The monoisotopic (exact) mass is 457 g/mol. The molecular formula is C22H23N3O8. The zero-order valence-corrected chi connectivity index (χ0v) is 18.1. The van der Waals surface area contributed by atoms with Gasteiger partial charge in [0.2, 0.25) is 6.79 Å². The van der Waals surface area contributed by atoms with Crippen molar-refractivity contribution in [2.75, 3.05) is 33.7 Å². The van der Waals surface area contributed by atoms with Gasteiger partial charge in [0.25, 0.3) is 11.8 Å². The predicted molar refractivity (Wildman–Crippen MR) is 116 cm³/mol. The fraction of sp³-hybridized carbons (Fsp3) is 0.273. The highest BCUT2D eigenvalue weighted by atomic mass is 16.7. The molecule has 3 rings (SSSR count). The Kier molecular flexibility index (Phi) is 8.06. The second-order valence-corrected chi connectivity index (χ2v) is 6.55. The number of hydrogen-bond acceptors (Lipinski definition) is 9. The summed E-state index contributed by atoms with van der Waals surface area (Å²) in [6.45, 7) is 1.78. The third kappa shape index (κ3) is 6.60. The Labute approximate surface area is 189 Å². The molecule has 2 amide bonds. The van der Waals surface area contributed by atoms with Gasteiger partial charge in [-0.15, -0.1) is 0 Å². The molecule has 1 heterocycles. The Balaban J connectivity index is 1.50. The standard InChI is InChI=1S/C22H23N3O8/c1-3-30-18-8-14(4-6-16(18)31-12-21(27)29-2)10-24-25-20(26)11-23-22(28)15-5-7-17-19(9-15)33-13-32-17/h4-10H,3,11-13H2,1-2H3,(H,23,28)(H,25,26). The van der Waals surface area contributed by atoms with Gasteiger partial charge in [0.05, 0.1) is 26.5 Å². The Bertz CT molecular complexity index is 1050. The van der Waals surface area contributed by atoms with Crippen LogP contribution in [-0.2, 0) is 14.3 Å². The zero-order valence-electron chi connectivity index (χ0n) is 18.1. The molecule has 0 aromatic heterocycles. The van der Waals surface area contributed by atoms with Crippen molar-refractivity contribution in [2.45, 2.75) is 6.92 Å². The molecule has 0 fully saturated rings. The minimum atomic E-state index is -0.517. The molecule has 0 saturated carbocycles. The van der Waals surface area contributed by atoms with E-state index in [1.165, 1.54) is 13.3 Å². The molecular weight excluding hydrogens is 434 g/mol. The summed E-state index contributed by atoms with van der Waals surface area (Å²) in [5.74, 6) is 0.359. The minimum Gasteiger partial charge on any atom is -0.490 e. The molecule has 2 aromatic rings. The van der Waals surface area contributed by atoms with Crippen LogP contribution in [0.5, 0.6) is 23.0 Å². The predicted octanol–water partition coefficient (Wildman–Crippen LogP) is 1.25. The summed E-state index contributed by atoms with van der Waals surface area (Å²) in [6.07, 6.45) is 1.41. The lowest BCUT2D eigenvalue weighted by atomic mass is 10.2. The van der Waals surface area contributed by atoms with Crippen LogP contribution < -0.4 is 29.7 Å². The second kappa shape index (κ2) is 11.4. The van der Waals surface area contributed by atoms with Gasteiger partial charge in [0, 0.05) is 5.56 Å². The van der Waals surface area contributed by atoms with Gasteiger partial charge in [-0.05, 0) is 48.9 Å². The van der Waals surface area contributed by atoms with Crippen LogP contribution in [0, 0.1) is 0 Å². The molecule has 0 atom stereocenters. The molecule has 33 heavy (non-hydrogen) atoms. The van der Waals surface area contributed by atoms with E-state index in [0.717, 1.165) is 0 Å². The molecule has 11 heteroatoms. The number of nitrogens with one attached hydrogen (secondary N) is 2. The molecule has 0 spiro atoms. The molecule has 1 aliphatic rings. The second-order valence-electron chi connectivity index (χ2n) is 6.55. The van der Waals surface area contributed by atoms with Crippen molar-refractivity contribution in [2.24, 2.45) is 5.10 Å². The maximum absolute atomic E-state index is 12.2. The highest BCUT2D eigenvalue weighted by molar-refractivity contribution is 5.97. The molecule has 1 aliphatic heterocycles. The summed E-state index contributed by atoms with van der Waals surface area (Å²) in [4.78, 5) is 35.5. The number of nitrogens with zero attached hydrogens (tertiary/aromatic N) is 1. The molecule has 0 unspecified atom stereocenters. The lowest BCUT2D eigenvalue weighted by Crippen LogP contribution is -2.34. The van der Waals surface area contributed by atoms with Gasteiger partial charge in [0.1, 0.15) is 0 Å². The maximum atomic E-state index is 12.2. The van der Waals surface area contributed by atoms with Crippen molar-refractivity contribution in [3.8, 4) is 23.0 Å². The van der Waals surface area contributed by atoms with E-state index in [9.17, 15) is 14.4 Å². The number of carbonyl (C=O) groups excluding carboxylic acids is 3. The van der Waals surface area contributed by atoms with E-state index >= 15 is 0 Å². The number of hydrazone groups is 1. The highest BCUT2D eigenvalue weighted by Gasteiger charge is 2.16. The quantitative estimate of drug-likeness (QED) is 0.309. The average molecular weight is 457 g/mol. The molecule has 2 N–H and O–H groups in total. The van der Waals surface area contributed by atoms with Crippen molar-refractivity contribution >= 4 is 24.0 Å². The number of esters is 1. The lowest BCUT2D eigenvalue weighted by Gasteiger charge is -2.11. The van der Waals surface area contributed by atoms with Gasteiger partial charge < -0.3 is 29.0 Å². The van der Waals surface area contributed by atoms with E-state index in [-0.39, 0.29) is 19.9 Å². The van der Waals surface area contributed by atoms with Crippen LogP contribution in [-0.4, -0.2) is 57.7 Å². The first-order valence-electron chi connectivity index (χ1n) is 9.96. The summed E-state index contributed by atoms with van der Waals surface area (Å²) < 4.78 is 25.9. The number of amides is 2. The third-order valence-corrected chi connectivity index (χ3v) is 4.29. The topological polar surface area (TPSA) is 134 Å². The maximum Gasteiger partial charge on any atom is 0.343 e. The fourth-order valence-corrected chi connectivity index (χ4v) is 2.71. The van der Waals surface area contributed by atoms with Crippen LogP contribution in [0.15, 0.2) is 41.5 Å². The third-order valence-electron chi connectivity index (χ3n) is 4.29. The lowest BCUT2D eigenvalue weighted by molar-refractivity contribution is -0.142. The number of carbonyl (C=O) groups is 3. The molecule has 174 valence electrons. The Hall–Kier alpha value is -4.28. The van der Waals surface area contributed by atoms with Crippen LogP contribution >= 0.6 is 0 Å². The molecule has 0 radical (unpaired) electrons. The molecule has 11 nitrogen and oxygen atoms in total. The number of hydrogen-bond donors (Lipinski definition) is 2. The van der Waals surface area contributed by atoms with E-state index in [2.05, 4.69) is 20.6 Å².